The summed E-state index contributed by atoms with van der Waals surface area (Å²) >= 11 is 12.2. The van der Waals surface area contributed by atoms with E-state index in [0.29, 0.717) is 12.0 Å². The van der Waals surface area contributed by atoms with Crippen LogP contribution in [0.3, 0.4) is 0 Å². The molecule has 6 heteroatoms. The molecule has 0 aliphatic rings. The standard InChI is InChI=1S/C16H15Cl2FO3/c1-2-10(20)8-22-14-7-9(19)6-11(16(14)21)15-12(17)4-3-5-13(15)18/h3-7,10,20-21H,2,8H2,1H3/t10-/m1/s1. The van der Waals surface area contributed by atoms with Crippen molar-refractivity contribution in [2.75, 3.05) is 6.61 Å². The Kier molecular flexibility index (Phi) is 5.51. The SMILES string of the molecule is CC[C@@H](O)COc1cc(F)cc(-c2c(Cl)cccc2Cl)c1O. The molecule has 2 N–H and O–H groups in total. The van der Waals surface area contributed by atoms with Crippen molar-refractivity contribution in [2.24, 2.45) is 0 Å². The van der Waals surface area contributed by atoms with Crippen molar-refractivity contribution in [3.8, 4) is 22.6 Å². The Labute approximate surface area is 137 Å². The lowest BCUT2D eigenvalue weighted by Gasteiger charge is -2.15. The third-order valence-electron chi connectivity index (χ3n) is 3.17. The van der Waals surface area contributed by atoms with Crippen LogP contribution in [-0.2, 0) is 0 Å². The van der Waals surface area contributed by atoms with Gasteiger partial charge in [0.2, 0.25) is 0 Å². The zero-order chi connectivity index (χ0) is 16.3. The average Bonchev–Trinajstić information content (AvgIpc) is 2.48. The van der Waals surface area contributed by atoms with Gasteiger partial charge in [-0.3, -0.25) is 0 Å². The Bertz CT molecular complexity index is 656. The maximum atomic E-state index is 13.8. The van der Waals surface area contributed by atoms with Gasteiger partial charge >= 0.3 is 0 Å². The lowest BCUT2D eigenvalue weighted by atomic mass is 10.0. The van der Waals surface area contributed by atoms with E-state index in [1.54, 1.807) is 25.1 Å². The Hall–Kier alpha value is -1.49. The molecule has 0 bridgehead atoms. The van der Waals surface area contributed by atoms with Crippen LogP contribution in [-0.4, -0.2) is 22.9 Å². The average molecular weight is 345 g/mol. The first-order valence-corrected chi connectivity index (χ1v) is 7.47. The van der Waals surface area contributed by atoms with Gasteiger partial charge in [0.05, 0.1) is 16.1 Å². The predicted molar refractivity (Wildman–Crippen MR) is 85.3 cm³/mol. The summed E-state index contributed by atoms with van der Waals surface area (Å²) in [4.78, 5) is 0. The number of aromatic hydroxyl groups is 1. The minimum atomic E-state index is -0.699. The predicted octanol–water partition coefficient (Wildman–Crippen LogP) is 4.65. The second-order valence-electron chi connectivity index (χ2n) is 4.77. The molecule has 0 radical (unpaired) electrons. The molecular weight excluding hydrogens is 330 g/mol. The van der Waals surface area contributed by atoms with Crippen molar-refractivity contribution in [1.82, 2.24) is 0 Å². The van der Waals surface area contributed by atoms with E-state index in [2.05, 4.69) is 0 Å². The number of halogens is 3. The summed E-state index contributed by atoms with van der Waals surface area (Å²) in [5, 5.41) is 20.4. The zero-order valence-corrected chi connectivity index (χ0v) is 13.3. The highest BCUT2D eigenvalue weighted by molar-refractivity contribution is 6.39. The number of rotatable bonds is 5. The van der Waals surface area contributed by atoms with Gasteiger partial charge in [0.15, 0.2) is 11.5 Å². The van der Waals surface area contributed by atoms with Gasteiger partial charge in [0.1, 0.15) is 12.4 Å². The van der Waals surface area contributed by atoms with Crippen molar-refractivity contribution in [3.05, 3.63) is 46.2 Å². The number of hydrogen-bond donors (Lipinski definition) is 2. The number of aliphatic hydroxyl groups is 1. The van der Waals surface area contributed by atoms with E-state index in [-0.39, 0.29) is 33.7 Å². The zero-order valence-electron chi connectivity index (χ0n) is 11.8. The summed E-state index contributed by atoms with van der Waals surface area (Å²) in [5.41, 5.74) is 0.459. The van der Waals surface area contributed by atoms with Crippen LogP contribution in [0.25, 0.3) is 11.1 Å². The van der Waals surface area contributed by atoms with Crippen LogP contribution >= 0.6 is 23.2 Å². The fraction of sp³-hybridized carbons (Fsp3) is 0.250. The van der Waals surface area contributed by atoms with Crippen molar-refractivity contribution >= 4 is 23.2 Å². The summed E-state index contributed by atoms with van der Waals surface area (Å²) in [6, 6.07) is 7.01. The van der Waals surface area contributed by atoms with Crippen LogP contribution in [0.5, 0.6) is 11.5 Å². The van der Waals surface area contributed by atoms with E-state index in [1.807, 2.05) is 0 Å². The molecular formula is C16H15Cl2FO3. The maximum Gasteiger partial charge on any atom is 0.166 e. The van der Waals surface area contributed by atoms with Crippen molar-refractivity contribution in [3.63, 3.8) is 0 Å². The van der Waals surface area contributed by atoms with E-state index in [1.165, 1.54) is 0 Å². The van der Waals surface area contributed by atoms with Gasteiger partial charge in [-0.2, -0.15) is 0 Å². The number of benzene rings is 2. The van der Waals surface area contributed by atoms with Crippen molar-refractivity contribution < 1.29 is 19.3 Å². The Morgan fingerprint density at radius 1 is 1.23 bits per heavy atom. The fourth-order valence-corrected chi connectivity index (χ4v) is 2.53. The van der Waals surface area contributed by atoms with Gasteiger partial charge in [-0.25, -0.2) is 4.39 Å². The molecule has 0 spiro atoms. The molecule has 0 aliphatic carbocycles. The van der Waals surface area contributed by atoms with Crippen LogP contribution < -0.4 is 4.74 Å². The molecule has 0 unspecified atom stereocenters. The van der Waals surface area contributed by atoms with Crippen LogP contribution in [0.1, 0.15) is 13.3 Å². The summed E-state index contributed by atoms with van der Waals surface area (Å²) in [5.74, 6) is -0.956. The lowest BCUT2D eigenvalue weighted by Crippen LogP contribution is -2.16. The minimum Gasteiger partial charge on any atom is -0.504 e. The van der Waals surface area contributed by atoms with Crippen molar-refractivity contribution in [1.29, 1.82) is 0 Å². The molecule has 0 saturated heterocycles. The van der Waals surface area contributed by atoms with Crippen molar-refractivity contribution in [2.45, 2.75) is 19.4 Å². The third-order valence-corrected chi connectivity index (χ3v) is 3.80. The molecule has 0 heterocycles. The van der Waals surface area contributed by atoms with Gasteiger partial charge in [0.25, 0.3) is 0 Å². The first-order chi connectivity index (χ1) is 10.4. The first-order valence-electron chi connectivity index (χ1n) is 6.71. The fourth-order valence-electron chi connectivity index (χ4n) is 1.93. The molecule has 2 aromatic rings. The molecule has 0 aliphatic heterocycles. The minimum absolute atomic E-state index is 0.0524. The monoisotopic (exact) mass is 344 g/mol. The summed E-state index contributed by atoms with van der Waals surface area (Å²) in [7, 11) is 0. The summed E-state index contributed by atoms with van der Waals surface area (Å²) in [6.07, 6.45) is -0.214. The molecule has 22 heavy (non-hydrogen) atoms. The molecule has 2 aromatic carbocycles. The van der Waals surface area contributed by atoms with Gasteiger partial charge in [-0.05, 0) is 24.6 Å². The van der Waals surface area contributed by atoms with Gasteiger partial charge < -0.3 is 14.9 Å². The number of phenolic OH excluding ortho intramolecular Hbond substituents is 1. The largest absolute Gasteiger partial charge is 0.504 e. The van der Waals surface area contributed by atoms with Crippen LogP contribution in [0.4, 0.5) is 4.39 Å². The van der Waals surface area contributed by atoms with Gasteiger partial charge in [-0.15, -0.1) is 0 Å². The van der Waals surface area contributed by atoms with Crippen LogP contribution in [0.15, 0.2) is 30.3 Å². The molecule has 2 rings (SSSR count). The lowest BCUT2D eigenvalue weighted by molar-refractivity contribution is 0.102. The van der Waals surface area contributed by atoms with E-state index in [4.69, 9.17) is 27.9 Å². The second kappa shape index (κ2) is 7.18. The third kappa shape index (κ3) is 3.64. The molecule has 118 valence electrons. The number of hydrogen-bond acceptors (Lipinski definition) is 3. The highest BCUT2D eigenvalue weighted by atomic mass is 35.5. The highest BCUT2D eigenvalue weighted by Crippen LogP contribution is 2.43. The Balaban J connectivity index is 2.47. The van der Waals surface area contributed by atoms with E-state index < -0.39 is 11.9 Å². The van der Waals surface area contributed by atoms with Crippen LogP contribution in [0.2, 0.25) is 10.0 Å². The number of aliphatic hydroxyl groups excluding tert-OH is 1. The number of phenols is 1. The quantitative estimate of drug-likeness (QED) is 0.829. The van der Waals surface area contributed by atoms with E-state index >= 15 is 0 Å². The number of ether oxygens (including phenoxy) is 1. The molecule has 1 atom stereocenters. The normalized spacial score (nSPS) is 12.2. The molecule has 0 amide bonds. The Morgan fingerprint density at radius 2 is 1.86 bits per heavy atom. The summed E-state index contributed by atoms with van der Waals surface area (Å²) < 4.78 is 19.1. The van der Waals surface area contributed by atoms with Gasteiger partial charge in [0, 0.05) is 17.2 Å². The Morgan fingerprint density at radius 3 is 2.45 bits per heavy atom. The first kappa shape index (κ1) is 16.9. The smallest absolute Gasteiger partial charge is 0.166 e. The van der Waals surface area contributed by atoms with E-state index in [9.17, 15) is 14.6 Å². The maximum absolute atomic E-state index is 13.8. The molecule has 0 aromatic heterocycles. The topological polar surface area (TPSA) is 49.7 Å². The highest BCUT2D eigenvalue weighted by Gasteiger charge is 2.18. The molecule has 3 nitrogen and oxygen atoms in total. The molecule has 0 fully saturated rings. The van der Waals surface area contributed by atoms with E-state index in [0.717, 1.165) is 12.1 Å². The van der Waals surface area contributed by atoms with Crippen LogP contribution in [0, 0.1) is 5.82 Å². The second-order valence-corrected chi connectivity index (χ2v) is 5.58. The summed E-state index contributed by atoms with van der Waals surface area (Å²) in [6.45, 7) is 1.73. The molecule has 0 saturated carbocycles. The van der Waals surface area contributed by atoms with Gasteiger partial charge in [-0.1, -0.05) is 36.2 Å².